The molecule has 0 aliphatic carbocycles. The molecule has 0 unspecified atom stereocenters. The van der Waals surface area contributed by atoms with Gasteiger partial charge in [0.05, 0.1) is 12.8 Å². The summed E-state index contributed by atoms with van der Waals surface area (Å²) in [5, 5.41) is 4.71. The largest absolute Gasteiger partial charge is 0.497 e. The third kappa shape index (κ3) is 5.98. The van der Waals surface area contributed by atoms with Crippen LogP contribution >= 0.6 is 11.3 Å². The number of ether oxygens (including phenoxy) is 1. The van der Waals surface area contributed by atoms with Crippen LogP contribution in [0.1, 0.15) is 24.1 Å². The van der Waals surface area contributed by atoms with Crippen molar-refractivity contribution in [3.05, 3.63) is 70.9 Å². The van der Waals surface area contributed by atoms with Gasteiger partial charge in [0.1, 0.15) is 10.6 Å². The van der Waals surface area contributed by atoms with Gasteiger partial charge in [-0.2, -0.15) is 0 Å². The summed E-state index contributed by atoms with van der Waals surface area (Å²) < 4.78 is 34.7. The smallest absolute Gasteiger partial charge is 0.264 e. The van der Waals surface area contributed by atoms with Crippen LogP contribution in [0.4, 0.5) is 17.1 Å². The molecule has 4 rings (SSSR count). The number of rotatable bonds is 8. The third-order valence-electron chi connectivity index (χ3n) is 5.50. The van der Waals surface area contributed by atoms with Crippen molar-refractivity contribution in [2.75, 3.05) is 35.1 Å². The molecule has 2 aromatic carbocycles. The fraction of sp³-hybridized carbons (Fsp3) is 0.240. The molecule has 178 valence electrons. The second kappa shape index (κ2) is 10.8. The molecular formula is C25H27N3O4S2. The Morgan fingerprint density at radius 2 is 1.76 bits per heavy atom. The van der Waals surface area contributed by atoms with E-state index in [0.717, 1.165) is 37.2 Å². The number of hydrogen-bond donors (Lipinski definition) is 2. The lowest BCUT2D eigenvalue weighted by molar-refractivity contribution is -0.111. The van der Waals surface area contributed by atoms with E-state index in [1.165, 1.54) is 23.5 Å². The molecule has 7 nitrogen and oxygen atoms in total. The molecule has 1 aromatic heterocycles. The fourth-order valence-electron chi connectivity index (χ4n) is 3.80. The topological polar surface area (TPSA) is 87.7 Å². The highest BCUT2D eigenvalue weighted by Gasteiger charge is 2.24. The van der Waals surface area contributed by atoms with Crippen molar-refractivity contribution in [3.63, 3.8) is 0 Å². The molecule has 1 aliphatic rings. The van der Waals surface area contributed by atoms with Gasteiger partial charge < -0.3 is 15.0 Å². The van der Waals surface area contributed by atoms with Crippen molar-refractivity contribution in [2.45, 2.75) is 24.2 Å². The zero-order chi connectivity index (χ0) is 24.0. The normalized spacial score (nSPS) is 14.2. The summed E-state index contributed by atoms with van der Waals surface area (Å²) in [4.78, 5) is 15.6. The molecule has 1 aliphatic heterocycles. The Balaban J connectivity index is 1.62. The highest BCUT2D eigenvalue weighted by molar-refractivity contribution is 7.92. The number of piperidine rings is 1. The molecule has 2 N–H and O–H groups in total. The van der Waals surface area contributed by atoms with Crippen molar-refractivity contribution in [1.29, 1.82) is 0 Å². The number of anilines is 3. The molecule has 0 saturated carbocycles. The first-order valence-corrected chi connectivity index (χ1v) is 13.4. The summed E-state index contributed by atoms with van der Waals surface area (Å²) in [6, 6.07) is 15.5. The summed E-state index contributed by atoms with van der Waals surface area (Å²) >= 11 is 1.53. The van der Waals surface area contributed by atoms with Crippen LogP contribution in [-0.2, 0) is 14.8 Å². The molecule has 34 heavy (non-hydrogen) atoms. The fourth-order valence-corrected chi connectivity index (χ4v) is 5.73. The molecule has 3 aromatic rings. The van der Waals surface area contributed by atoms with Gasteiger partial charge in [0.15, 0.2) is 0 Å². The number of nitrogens with zero attached hydrogens (tertiary/aromatic N) is 1. The summed E-state index contributed by atoms with van der Waals surface area (Å²) in [6.45, 7) is 1.58. The number of nitrogens with one attached hydrogen (secondary N) is 2. The summed E-state index contributed by atoms with van der Waals surface area (Å²) in [5.41, 5.74) is 1.48. The van der Waals surface area contributed by atoms with Gasteiger partial charge in [0.25, 0.3) is 10.0 Å². The highest BCUT2D eigenvalue weighted by atomic mass is 32.2. The Labute approximate surface area is 204 Å². The summed E-state index contributed by atoms with van der Waals surface area (Å²) in [7, 11) is -2.36. The van der Waals surface area contributed by atoms with E-state index in [4.69, 9.17) is 4.74 Å². The Bertz CT molecular complexity index is 1250. The van der Waals surface area contributed by atoms with Crippen LogP contribution in [0.25, 0.3) is 6.08 Å². The van der Waals surface area contributed by atoms with Gasteiger partial charge in [-0.1, -0.05) is 6.07 Å². The number of carbonyl (C=O) groups is 1. The van der Waals surface area contributed by atoms with E-state index in [1.807, 2.05) is 17.5 Å². The predicted octanol–water partition coefficient (Wildman–Crippen LogP) is 5.20. The maximum Gasteiger partial charge on any atom is 0.264 e. The van der Waals surface area contributed by atoms with E-state index in [1.54, 1.807) is 49.6 Å². The molecule has 0 radical (unpaired) electrons. The van der Waals surface area contributed by atoms with E-state index in [2.05, 4.69) is 14.9 Å². The van der Waals surface area contributed by atoms with Crippen LogP contribution in [0.15, 0.2) is 70.9 Å². The van der Waals surface area contributed by atoms with Crippen LogP contribution in [0, 0.1) is 0 Å². The minimum atomic E-state index is -3.92. The van der Waals surface area contributed by atoms with E-state index < -0.39 is 10.0 Å². The number of amides is 1. The van der Waals surface area contributed by atoms with Gasteiger partial charge in [-0.05, 0) is 79.2 Å². The molecule has 0 spiro atoms. The maximum atomic E-state index is 13.4. The second-order valence-electron chi connectivity index (χ2n) is 7.90. The van der Waals surface area contributed by atoms with Gasteiger partial charge in [-0.15, -0.1) is 11.3 Å². The number of hydrogen-bond acceptors (Lipinski definition) is 6. The molecule has 0 bridgehead atoms. The van der Waals surface area contributed by atoms with E-state index >= 15 is 0 Å². The van der Waals surface area contributed by atoms with Crippen molar-refractivity contribution in [1.82, 2.24) is 0 Å². The zero-order valence-electron chi connectivity index (χ0n) is 18.9. The average Bonchev–Trinajstić information content (AvgIpc) is 3.37. The lowest BCUT2D eigenvalue weighted by Crippen LogP contribution is -2.31. The molecule has 0 atom stereocenters. The van der Waals surface area contributed by atoms with E-state index in [9.17, 15) is 13.2 Å². The van der Waals surface area contributed by atoms with E-state index in [0.29, 0.717) is 22.8 Å². The van der Waals surface area contributed by atoms with Crippen LogP contribution < -0.4 is 19.7 Å². The lowest BCUT2D eigenvalue weighted by atomic mass is 10.1. The molecule has 2 heterocycles. The molecule has 1 saturated heterocycles. The minimum absolute atomic E-state index is 0.130. The van der Waals surface area contributed by atoms with Crippen LogP contribution in [0.5, 0.6) is 5.75 Å². The summed E-state index contributed by atoms with van der Waals surface area (Å²) in [5.74, 6) is 0.308. The van der Waals surface area contributed by atoms with Crippen molar-refractivity contribution in [2.24, 2.45) is 0 Å². The number of thiophene rings is 1. The zero-order valence-corrected chi connectivity index (χ0v) is 20.5. The van der Waals surface area contributed by atoms with Gasteiger partial charge in [0, 0.05) is 35.4 Å². The molecule has 1 fully saturated rings. The number of benzene rings is 2. The van der Waals surface area contributed by atoms with Crippen LogP contribution in [0.3, 0.4) is 0 Å². The highest BCUT2D eigenvalue weighted by Crippen LogP contribution is 2.32. The number of sulfonamides is 1. The lowest BCUT2D eigenvalue weighted by Gasteiger charge is -2.30. The van der Waals surface area contributed by atoms with Crippen LogP contribution in [-0.4, -0.2) is 34.5 Å². The quantitative estimate of drug-likeness (QED) is 0.418. The Kier molecular flexibility index (Phi) is 7.54. The molecular weight excluding hydrogens is 470 g/mol. The second-order valence-corrected chi connectivity index (χ2v) is 10.5. The molecule has 1 amide bonds. The van der Waals surface area contributed by atoms with Gasteiger partial charge in [0.2, 0.25) is 5.91 Å². The van der Waals surface area contributed by atoms with E-state index in [-0.39, 0.29) is 10.8 Å². The number of carbonyl (C=O) groups excluding carboxylic acids is 1. The maximum absolute atomic E-state index is 13.4. The summed E-state index contributed by atoms with van der Waals surface area (Å²) in [6.07, 6.45) is 6.32. The standard InChI is InChI=1S/C25H27N3O4S2/c1-32-21-10-7-19(8-11-21)27-34(30,31)24-18-20(9-13-23(24)28-15-3-2-4-16-28)26-25(29)14-12-22-6-5-17-33-22/h5-14,17-18,27H,2-4,15-16H2,1H3,(H,26,29)/b14-12+. The van der Waals surface area contributed by atoms with Crippen molar-refractivity contribution >= 4 is 50.4 Å². The Morgan fingerprint density at radius 3 is 2.44 bits per heavy atom. The van der Waals surface area contributed by atoms with Crippen molar-refractivity contribution < 1.29 is 17.9 Å². The van der Waals surface area contributed by atoms with Crippen LogP contribution in [0.2, 0.25) is 0 Å². The average molecular weight is 498 g/mol. The van der Waals surface area contributed by atoms with Gasteiger partial charge in [-0.25, -0.2) is 8.42 Å². The predicted molar refractivity (Wildman–Crippen MR) is 138 cm³/mol. The first-order chi connectivity index (χ1) is 16.4. The van der Waals surface area contributed by atoms with Gasteiger partial charge in [-0.3, -0.25) is 9.52 Å². The van der Waals surface area contributed by atoms with Gasteiger partial charge >= 0.3 is 0 Å². The Morgan fingerprint density at radius 1 is 1.03 bits per heavy atom. The first kappa shape index (κ1) is 23.8. The number of methoxy groups -OCH3 is 1. The monoisotopic (exact) mass is 497 g/mol. The SMILES string of the molecule is COc1ccc(NS(=O)(=O)c2cc(NC(=O)/C=C/c3cccs3)ccc2N2CCCCC2)cc1. The molecule has 9 heteroatoms. The Hall–Kier alpha value is -3.30. The third-order valence-corrected chi connectivity index (χ3v) is 7.75. The minimum Gasteiger partial charge on any atom is -0.497 e. The first-order valence-electron chi connectivity index (χ1n) is 11.0. The van der Waals surface area contributed by atoms with Crippen molar-refractivity contribution in [3.8, 4) is 5.75 Å².